The Balaban J connectivity index is 2.02. The van der Waals surface area contributed by atoms with E-state index in [9.17, 15) is 0 Å². The summed E-state index contributed by atoms with van der Waals surface area (Å²) in [4.78, 5) is 7.87. The summed E-state index contributed by atoms with van der Waals surface area (Å²) in [5.74, 6) is 0. The number of nitrogens with two attached hydrogens (primary N) is 1. The second kappa shape index (κ2) is 3.78. The van der Waals surface area contributed by atoms with Crippen LogP contribution in [0.3, 0.4) is 0 Å². The number of anilines is 2. The monoisotopic (exact) mass is 190 g/mol. The number of hydrogen-bond donors (Lipinski definition) is 2. The molecule has 2 aromatic heterocycles. The number of nitrogens with one attached hydrogen (secondary N) is 1. The molecule has 14 heavy (non-hydrogen) atoms. The Hall–Kier alpha value is -2.04. The van der Waals surface area contributed by atoms with Crippen molar-refractivity contribution in [2.75, 3.05) is 11.1 Å². The van der Waals surface area contributed by atoms with Gasteiger partial charge in [0.15, 0.2) is 6.39 Å². The van der Waals surface area contributed by atoms with E-state index in [1.807, 2.05) is 6.07 Å². The van der Waals surface area contributed by atoms with Crippen LogP contribution in [0.4, 0.5) is 11.4 Å². The van der Waals surface area contributed by atoms with Crippen molar-refractivity contribution in [3.63, 3.8) is 0 Å². The molecule has 5 heteroatoms. The van der Waals surface area contributed by atoms with Gasteiger partial charge >= 0.3 is 0 Å². The van der Waals surface area contributed by atoms with Gasteiger partial charge in [-0.25, -0.2) is 4.98 Å². The van der Waals surface area contributed by atoms with Gasteiger partial charge < -0.3 is 15.5 Å². The summed E-state index contributed by atoms with van der Waals surface area (Å²) in [6.45, 7) is 0.588. The molecule has 0 amide bonds. The topological polar surface area (TPSA) is 77.0 Å². The van der Waals surface area contributed by atoms with E-state index in [1.54, 1.807) is 18.7 Å². The van der Waals surface area contributed by atoms with E-state index >= 15 is 0 Å². The van der Waals surface area contributed by atoms with Crippen LogP contribution in [0.2, 0.25) is 0 Å². The minimum absolute atomic E-state index is 0.588. The Labute approximate surface area is 81.0 Å². The van der Waals surface area contributed by atoms with Crippen LogP contribution in [0.25, 0.3) is 0 Å². The van der Waals surface area contributed by atoms with Gasteiger partial charge in [-0.3, -0.25) is 4.98 Å². The first-order valence-corrected chi connectivity index (χ1v) is 4.16. The summed E-state index contributed by atoms with van der Waals surface area (Å²) in [6, 6.07) is 1.81. The second-order valence-corrected chi connectivity index (χ2v) is 2.80. The minimum Gasteiger partial charge on any atom is -0.451 e. The van der Waals surface area contributed by atoms with Gasteiger partial charge in [0.1, 0.15) is 6.26 Å². The Morgan fingerprint density at radius 2 is 2.43 bits per heavy atom. The van der Waals surface area contributed by atoms with Crippen LogP contribution in [0.1, 0.15) is 5.69 Å². The normalized spacial score (nSPS) is 10.0. The fourth-order valence-corrected chi connectivity index (χ4v) is 1.08. The maximum Gasteiger partial charge on any atom is 0.180 e. The molecular weight excluding hydrogens is 180 g/mol. The molecule has 2 heterocycles. The summed E-state index contributed by atoms with van der Waals surface area (Å²) in [7, 11) is 0. The molecule has 2 rings (SSSR count). The van der Waals surface area contributed by atoms with Crippen molar-refractivity contribution in [1.29, 1.82) is 0 Å². The van der Waals surface area contributed by atoms with Crippen molar-refractivity contribution in [3.05, 3.63) is 36.8 Å². The summed E-state index contributed by atoms with van der Waals surface area (Å²) < 4.78 is 4.84. The number of hydrogen-bond acceptors (Lipinski definition) is 5. The first kappa shape index (κ1) is 8.55. The van der Waals surface area contributed by atoms with Crippen LogP contribution in [0, 0.1) is 0 Å². The van der Waals surface area contributed by atoms with E-state index in [0.717, 1.165) is 11.4 Å². The lowest BCUT2D eigenvalue weighted by atomic mass is 10.3. The lowest BCUT2D eigenvalue weighted by molar-refractivity contribution is 0.556. The zero-order valence-electron chi connectivity index (χ0n) is 7.47. The van der Waals surface area contributed by atoms with Crippen molar-refractivity contribution in [3.8, 4) is 0 Å². The number of rotatable bonds is 3. The first-order valence-electron chi connectivity index (χ1n) is 4.16. The van der Waals surface area contributed by atoms with Gasteiger partial charge in [-0.2, -0.15) is 0 Å². The van der Waals surface area contributed by atoms with Gasteiger partial charge in [0.25, 0.3) is 0 Å². The Kier molecular flexibility index (Phi) is 2.31. The Morgan fingerprint density at radius 3 is 3.14 bits per heavy atom. The lowest BCUT2D eigenvalue weighted by Crippen LogP contribution is -2.02. The number of pyridine rings is 1. The van der Waals surface area contributed by atoms with Crippen LogP contribution in [-0.4, -0.2) is 9.97 Å². The number of nitrogens with zero attached hydrogens (tertiary/aromatic N) is 2. The molecule has 0 unspecified atom stereocenters. The van der Waals surface area contributed by atoms with Crippen molar-refractivity contribution in [1.82, 2.24) is 9.97 Å². The molecule has 0 radical (unpaired) electrons. The molecule has 0 saturated heterocycles. The van der Waals surface area contributed by atoms with E-state index in [0.29, 0.717) is 12.2 Å². The third-order valence-corrected chi connectivity index (χ3v) is 1.80. The molecule has 0 bridgehead atoms. The summed E-state index contributed by atoms with van der Waals surface area (Å²) in [6.07, 6.45) is 6.27. The second-order valence-electron chi connectivity index (χ2n) is 2.80. The molecule has 0 aliphatic heterocycles. The van der Waals surface area contributed by atoms with Crippen LogP contribution in [0.5, 0.6) is 0 Å². The average molecular weight is 190 g/mol. The number of nitrogen functional groups attached to an aromatic ring is 1. The van der Waals surface area contributed by atoms with Crippen molar-refractivity contribution in [2.45, 2.75) is 6.54 Å². The zero-order chi connectivity index (χ0) is 9.80. The van der Waals surface area contributed by atoms with Gasteiger partial charge in [0.05, 0.1) is 29.8 Å². The average Bonchev–Trinajstić information content (AvgIpc) is 2.69. The van der Waals surface area contributed by atoms with E-state index in [4.69, 9.17) is 10.2 Å². The summed E-state index contributed by atoms with van der Waals surface area (Å²) >= 11 is 0. The van der Waals surface area contributed by atoms with Crippen molar-refractivity contribution < 1.29 is 4.42 Å². The van der Waals surface area contributed by atoms with Crippen LogP contribution < -0.4 is 11.1 Å². The van der Waals surface area contributed by atoms with Gasteiger partial charge in [0.2, 0.25) is 0 Å². The molecule has 3 N–H and O–H groups in total. The number of aromatic nitrogens is 2. The molecular formula is C9H10N4O. The van der Waals surface area contributed by atoms with Gasteiger partial charge in [0, 0.05) is 6.20 Å². The highest BCUT2D eigenvalue weighted by atomic mass is 16.3. The standard InChI is InChI=1S/C9H10N4O/c10-8-4-11-2-1-9(8)12-3-7-5-14-6-13-7/h1-2,4-6H,3,10H2,(H,11,12). The fraction of sp³-hybridized carbons (Fsp3) is 0.111. The molecule has 5 nitrogen and oxygen atoms in total. The smallest absolute Gasteiger partial charge is 0.180 e. The third-order valence-electron chi connectivity index (χ3n) is 1.80. The summed E-state index contributed by atoms with van der Waals surface area (Å²) in [5, 5.41) is 3.13. The minimum atomic E-state index is 0.588. The number of oxazole rings is 1. The molecule has 0 aliphatic carbocycles. The maximum absolute atomic E-state index is 5.69. The highest BCUT2D eigenvalue weighted by Crippen LogP contribution is 2.15. The Bertz CT molecular complexity index is 399. The SMILES string of the molecule is Nc1cnccc1NCc1cocn1. The van der Waals surface area contributed by atoms with Crippen LogP contribution >= 0.6 is 0 Å². The molecule has 0 aromatic carbocycles. The van der Waals surface area contributed by atoms with E-state index in [-0.39, 0.29) is 0 Å². The molecule has 72 valence electrons. The predicted molar refractivity (Wildman–Crippen MR) is 52.5 cm³/mol. The molecule has 2 aromatic rings. The predicted octanol–water partition coefficient (Wildman–Crippen LogP) is 1.26. The molecule has 0 atom stereocenters. The van der Waals surface area contributed by atoms with Crippen LogP contribution in [-0.2, 0) is 6.54 Å². The maximum atomic E-state index is 5.69. The largest absolute Gasteiger partial charge is 0.451 e. The molecule has 0 spiro atoms. The van der Waals surface area contributed by atoms with Gasteiger partial charge in [-0.1, -0.05) is 0 Å². The molecule has 0 saturated carbocycles. The molecule has 0 fully saturated rings. The van der Waals surface area contributed by atoms with E-state index < -0.39 is 0 Å². The zero-order valence-corrected chi connectivity index (χ0v) is 7.47. The molecule has 0 aliphatic rings. The highest BCUT2D eigenvalue weighted by Gasteiger charge is 1.99. The Morgan fingerprint density at radius 1 is 1.50 bits per heavy atom. The lowest BCUT2D eigenvalue weighted by Gasteiger charge is -2.05. The third kappa shape index (κ3) is 1.82. The quantitative estimate of drug-likeness (QED) is 0.762. The highest BCUT2D eigenvalue weighted by molar-refractivity contribution is 5.64. The van der Waals surface area contributed by atoms with Gasteiger partial charge in [-0.05, 0) is 6.07 Å². The fourth-order valence-electron chi connectivity index (χ4n) is 1.08. The van der Waals surface area contributed by atoms with Crippen molar-refractivity contribution in [2.24, 2.45) is 0 Å². The summed E-state index contributed by atoms with van der Waals surface area (Å²) in [5.41, 5.74) is 8.00. The van der Waals surface area contributed by atoms with Crippen molar-refractivity contribution >= 4 is 11.4 Å². The van der Waals surface area contributed by atoms with E-state index in [1.165, 1.54) is 6.39 Å². The van der Waals surface area contributed by atoms with Gasteiger partial charge in [-0.15, -0.1) is 0 Å². The first-order chi connectivity index (χ1) is 6.86. The van der Waals surface area contributed by atoms with Crippen LogP contribution in [0.15, 0.2) is 35.5 Å². The van der Waals surface area contributed by atoms with E-state index in [2.05, 4.69) is 15.3 Å².